The summed E-state index contributed by atoms with van der Waals surface area (Å²) >= 11 is 3.45. The maximum atomic E-state index is 4.87. The fourth-order valence-electron chi connectivity index (χ4n) is 1.53. The van der Waals surface area contributed by atoms with Crippen molar-refractivity contribution in [2.75, 3.05) is 7.11 Å². The molecule has 4 nitrogen and oxygen atoms in total. The van der Waals surface area contributed by atoms with E-state index in [0.29, 0.717) is 11.4 Å². The molecule has 17 heavy (non-hydrogen) atoms. The predicted molar refractivity (Wildman–Crippen MR) is 68.2 cm³/mol. The number of nitrogens with zero attached hydrogens (tertiary/aromatic N) is 2. The summed E-state index contributed by atoms with van der Waals surface area (Å²) in [7, 11) is 1.51. The maximum absolute atomic E-state index is 4.87. The predicted octanol–water partition coefficient (Wildman–Crippen LogP) is 2.97. The second kappa shape index (κ2) is 5.63. The first kappa shape index (κ1) is 11.9. The van der Waals surface area contributed by atoms with E-state index < -0.39 is 0 Å². The minimum Gasteiger partial charge on any atom is -0.399 e. The number of alkyl halides is 1. The number of benzene rings is 1. The standard InChI is InChI=1S/C12H11BrN2O2/c1-16-15-12(11-6-7-17-14-11)10-5-3-2-4-9(10)8-13/h2-7H,8H2,1H3. The Labute approximate surface area is 107 Å². The smallest absolute Gasteiger partial charge is 0.139 e. The third-order valence-electron chi connectivity index (χ3n) is 2.28. The summed E-state index contributed by atoms with van der Waals surface area (Å²) in [5.74, 6) is 0. The first-order valence-electron chi connectivity index (χ1n) is 5.03. The quantitative estimate of drug-likeness (QED) is 0.495. The van der Waals surface area contributed by atoms with Crippen LogP contribution >= 0.6 is 15.9 Å². The van der Waals surface area contributed by atoms with Crippen molar-refractivity contribution in [1.82, 2.24) is 5.16 Å². The molecular formula is C12H11BrN2O2. The van der Waals surface area contributed by atoms with E-state index in [4.69, 9.17) is 9.36 Å². The summed E-state index contributed by atoms with van der Waals surface area (Å²) in [4.78, 5) is 4.87. The fourth-order valence-corrected chi connectivity index (χ4v) is 2.02. The highest BCUT2D eigenvalue weighted by Gasteiger charge is 2.14. The van der Waals surface area contributed by atoms with Gasteiger partial charge in [-0.2, -0.15) is 0 Å². The van der Waals surface area contributed by atoms with Gasteiger partial charge in [0.15, 0.2) is 0 Å². The molecule has 5 heteroatoms. The lowest BCUT2D eigenvalue weighted by molar-refractivity contribution is 0.213. The van der Waals surface area contributed by atoms with Crippen molar-refractivity contribution >= 4 is 21.6 Å². The number of oxime groups is 1. The Morgan fingerprint density at radius 1 is 1.41 bits per heavy atom. The number of halogens is 1. The summed E-state index contributed by atoms with van der Waals surface area (Å²) < 4.78 is 4.84. The molecule has 88 valence electrons. The third kappa shape index (κ3) is 2.55. The normalized spacial score (nSPS) is 11.5. The first-order chi connectivity index (χ1) is 8.36. The number of aromatic nitrogens is 1. The van der Waals surface area contributed by atoms with Crippen LogP contribution < -0.4 is 0 Å². The van der Waals surface area contributed by atoms with E-state index in [1.165, 1.54) is 13.4 Å². The van der Waals surface area contributed by atoms with Crippen molar-refractivity contribution in [3.63, 3.8) is 0 Å². The van der Waals surface area contributed by atoms with Gasteiger partial charge < -0.3 is 9.36 Å². The van der Waals surface area contributed by atoms with Gasteiger partial charge in [0.1, 0.15) is 24.8 Å². The molecule has 0 amide bonds. The zero-order valence-electron chi connectivity index (χ0n) is 9.26. The SMILES string of the molecule is CON=C(c1ccon1)c1ccccc1CBr. The Morgan fingerprint density at radius 2 is 2.24 bits per heavy atom. The van der Waals surface area contributed by atoms with Crippen LogP contribution in [-0.2, 0) is 10.2 Å². The van der Waals surface area contributed by atoms with E-state index >= 15 is 0 Å². The van der Waals surface area contributed by atoms with Gasteiger partial charge in [0.2, 0.25) is 0 Å². The molecule has 2 rings (SSSR count). The molecule has 0 bridgehead atoms. The van der Waals surface area contributed by atoms with E-state index in [1.807, 2.05) is 24.3 Å². The maximum Gasteiger partial charge on any atom is 0.139 e. The van der Waals surface area contributed by atoms with Gasteiger partial charge in [0.25, 0.3) is 0 Å². The van der Waals surface area contributed by atoms with Crippen LogP contribution in [0.15, 0.2) is 46.3 Å². The molecule has 0 saturated heterocycles. The molecule has 0 fully saturated rings. The molecule has 0 N–H and O–H groups in total. The Hall–Kier alpha value is -1.62. The van der Waals surface area contributed by atoms with E-state index in [0.717, 1.165) is 16.5 Å². The van der Waals surface area contributed by atoms with Gasteiger partial charge in [-0.1, -0.05) is 50.5 Å². The van der Waals surface area contributed by atoms with Gasteiger partial charge in [-0.3, -0.25) is 0 Å². The van der Waals surface area contributed by atoms with Gasteiger partial charge in [-0.05, 0) is 5.56 Å². The van der Waals surface area contributed by atoms with Crippen molar-refractivity contribution in [2.24, 2.45) is 5.16 Å². The van der Waals surface area contributed by atoms with Gasteiger partial charge in [0.05, 0.1) is 0 Å². The highest BCUT2D eigenvalue weighted by Crippen LogP contribution is 2.17. The van der Waals surface area contributed by atoms with Crippen LogP contribution in [0.5, 0.6) is 0 Å². The molecule has 0 saturated carbocycles. The van der Waals surface area contributed by atoms with Crippen LogP contribution in [0.1, 0.15) is 16.8 Å². The van der Waals surface area contributed by atoms with Gasteiger partial charge >= 0.3 is 0 Å². The number of hydrogen-bond acceptors (Lipinski definition) is 4. The van der Waals surface area contributed by atoms with Gasteiger partial charge in [0, 0.05) is 17.0 Å². The highest BCUT2D eigenvalue weighted by molar-refractivity contribution is 9.08. The van der Waals surface area contributed by atoms with Gasteiger partial charge in [-0.15, -0.1) is 0 Å². The Balaban J connectivity index is 2.51. The second-order valence-electron chi connectivity index (χ2n) is 3.30. The Bertz CT molecular complexity index is 509. The summed E-state index contributed by atoms with van der Waals surface area (Å²) in [6.45, 7) is 0. The van der Waals surface area contributed by atoms with Crippen molar-refractivity contribution < 1.29 is 9.36 Å². The zero-order valence-corrected chi connectivity index (χ0v) is 10.8. The molecule has 2 aromatic rings. The van der Waals surface area contributed by atoms with Crippen LogP contribution in [0, 0.1) is 0 Å². The molecule has 0 unspecified atom stereocenters. The minimum absolute atomic E-state index is 0.653. The minimum atomic E-state index is 0.653. The lowest BCUT2D eigenvalue weighted by atomic mass is 10.0. The van der Waals surface area contributed by atoms with Crippen molar-refractivity contribution in [3.05, 3.63) is 53.4 Å². The van der Waals surface area contributed by atoms with Gasteiger partial charge in [-0.25, -0.2) is 0 Å². The summed E-state index contributed by atoms with van der Waals surface area (Å²) in [6.07, 6.45) is 1.51. The summed E-state index contributed by atoms with van der Waals surface area (Å²) in [5, 5.41) is 8.64. The lowest BCUT2D eigenvalue weighted by Crippen LogP contribution is -2.07. The van der Waals surface area contributed by atoms with Crippen molar-refractivity contribution in [1.29, 1.82) is 0 Å². The fraction of sp³-hybridized carbons (Fsp3) is 0.167. The molecule has 0 aliphatic heterocycles. The summed E-state index contributed by atoms with van der Waals surface area (Å²) in [6, 6.07) is 9.68. The van der Waals surface area contributed by atoms with E-state index in [2.05, 4.69) is 26.2 Å². The monoisotopic (exact) mass is 294 g/mol. The average Bonchev–Trinajstić information content (AvgIpc) is 2.89. The third-order valence-corrected chi connectivity index (χ3v) is 2.88. The molecule has 1 aromatic heterocycles. The molecular weight excluding hydrogens is 284 g/mol. The van der Waals surface area contributed by atoms with E-state index in [1.54, 1.807) is 6.07 Å². The summed E-state index contributed by atoms with van der Waals surface area (Å²) in [5.41, 5.74) is 3.41. The highest BCUT2D eigenvalue weighted by atomic mass is 79.9. The first-order valence-corrected chi connectivity index (χ1v) is 6.15. The Morgan fingerprint density at radius 3 is 2.88 bits per heavy atom. The van der Waals surface area contributed by atoms with Crippen LogP contribution in [-0.4, -0.2) is 18.0 Å². The van der Waals surface area contributed by atoms with E-state index in [9.17, 15) is 0 Å². The largest absolute Gasteiger partial charge is 0.399 e. The Kier molecular flexibility index (Phi) is 3.93. The van der Waals surface area contributed by atoms with Crippen LogP contribution in [0.4, 0.5) is 0 Å². The number of rotatable bonds is 4. The lowest BCUT2D eigenvalue weighted by Gasteiger charge is -2.07. The van der Waals surface area contributed by atoms with Crippen LogP contribution in [0.3, 0.4) is 0 Å². The van der Waals surface area contributed by atoms with Crippen molar-refractivity contribution in [3.8, 4) is 0 Å². The molecule has 0 spiro atoms. The number of hydrogen-bond donors (Lipinski definition) is 0. The molecule has 0 radical (unpaired) electrons. The van der Waals surface area contributed by atoms with Crippen LogP contribution in [0.25, 0.3) is 0 Å². The van der Waals surface area contributed by atoms with E-state index in [-0.39, 0.29) is 0 Å². The molecule has 0 aliphatic carbocycles. The van der Waals surface area contributed by atoms with Crippen LogP contribution in [0.2, 0.25) is 0 Å². The average molecular weight is 295 g/mol. The molecule has 1 aromatic carbocycles. The van der Waals surface area contributed by atoms with Crippen molar-refractivity contribution in [2.45, 2.75) is 5.33 Å². The molecule has 0 atom stereocenters. The molecule has 0 aliphatic rings. The molecule has 1 heterocycles. The topological polar surface area (TPSA) is 47.6 Å². The zero-order chi connectivity index (χ0) is 12.1. The second-order valence-corrected chi connectivity index (χ2v) is 3.86.